The van der Waals surface area contributed by atoms with Crippen LogP contribution in [0.25, 0.3) is 5.57 Å². The summed E-state index contributed by atoms with van der Waals surface area (Å²) in [5.41, 5.74) is 1.83. The molecule has 0 amide bonds. The molecule has 1 atom stereocenters. The summed E-state index contributed by atoms with van der Waals surface area (Å²) in [7, 11) is 2.60. The molecule has 1 aliphatic carbocycles. The van der Waals surface area contributed by atoms with Gasteiger partial charge < -0.3 is 14.2 Å². The molecule has 2 aromatic carbocycles. The Morgan fingerprint density at radius 3 is 2.26 bits per heavy atom. The van der Waals surface area contributed by atoms with E-state index in [4.69, 9.17) is 14.2 Å². The molecule has 0 radical (unpaired) electrons. The van der Waals surface area contributed by atoms with E-state index < -0.39 is 17.4 Å². The zero-order valence-corrected chi connectivity index (χ0v) is 15.2. The number of methoxy groups -OCH3 is 2. The second-order valence-corrected chi connectivity index (χ2v) is 6.74. The Bertz CT molecular complexity index is 913. The molecule has 1 aliphatic heterocycles. The molecule has 2 aliphatic rings. The molecule has 5 heteroatoms. The number of hydrogen-bond donors (Lipinski definition) is 0. The number of rotatable bonds is 3. The van der Waals surface area contributed by atoms with Gasteiger partial charge in [-0.2, -0.15) is 0 Å². The van der Waals surface area contributed by atoms with Crippen molar-refractivity contribution in [2.75, 3.05) is 20.8 Å². The van der Waals surface area contributed by atoms with E-state index in [0.29, 0.717) is 12.2 Å². The number of benzene rings is 2. The highest BCUT2D eigenvalue weighted by atomic mass is 16.5. The normalized spacial score (nSPS) is 19.6. The van der Waals surface area contributed by atoms with Gasteiger partial charge in [0.05, 0.1) is 14.2 Å². The summed E-state index contributed by atoms with van der Waals surface area (Å²) in [6.07, 6.45) is 0.270. The van der Waals surface area contributed by atoms with E-state index in [9.17, 15) is 9.59 Å². The zero-order valence-electron chi connectivity index (χ0n) is 15.2. The third kappa shape index (κ3) is 2.46. The van der Waals surface area contributed by atoms with Crippen LogP contribution in [0.15, 0.2) is 60.2 Å². The lowest BCUT2D eigenvalue weighted by atomic mass is 9.76. The van der Waals surface area contributed by atoms with Crippen LogP contribution in [0, 0.1) is 5.41 Å². The third-order valence-electron chi connectivity index (χ3n) is 5.49. The molecule has 2 aromatic rings. The molecule has 0 saturated carbocycles. The Hall–Kier alpha value is -3.08. The molecule has 1 unspecified atom stereocenters. The Morgan fingerprint density at radius 1 is 0.963 bits per heavy atom. The van der Waals surface area contributed by atoms with Crippen molar-refractivity contribution in [2.45, 2.75) is 12.3 Å². The third-order valence-corrected chi connectivity index (χ3v) is 5.49. The number of fused-ring (bicyclic) bond motifs is 3. The van der Waals surface area contributed by atoms with Gasteiger partial charge in [0.15, 0.2) is 5.41 Å². The number of carbonyl (C=O) groups excluding carboxylic acids is 2. The number of ether oxygens (including phenoxy) is 3. The van der Waals surface area contributed by atoms with E-state index in [1.807, 2.05) is 54.6 Å². The van der Waals surface area contributed by atoms with Crippen molar-refractivity contribution in [3.05, 3.63) is 71.3 Å². The van der Waals surface area contributed by atoms with Crippen LogP contribution < -0.4 is 4.74 Å². The van der Waals surface area contributed by atoms with Gasteiger partial charge in [-0.3, -0.25) is 9.59 Å². The van der Waals surface area contributed by atoms with Crippen LogP contribution in [-0.4, -0.2) is 32.8 Å². The largest absolute Gasteiger partial charge is 0.489 e. The second kappa shape index (κ2) is 6.58. The van der Waals surface area contributed by atoms with Crippen molar-refractivity contribution < 1.29 is 23.8 Å². The van der Waals surface area contributed by atoms with Crippen molar-refractivity contribution in [3.63, 3.8) is 0 Å². The van der Waals surface area contributed by atoms with Gasteiger partial charge >= 0.3 is 11.9 Å². The molecule has 0 bridgehead atoms. The molecule has 5 nitrogen and oxygen atoms in total. The van der Waals surface area contributed by atoms with Gasteiger partial charge in [-0.15, -0.1) is 0 Å². The molecule has 1 heterocycles. The molecule has 4 rings (SSSR count). The molecule has 0 aromatic heterocycles. The molecule has 0 saturated heterocycles. The molecular weight excluding hydrogens is 344 g/mol. The van der Waals surface area contributed by atoms with Crippen LogP contribution in [0.3, 0.4) is 0 Å². The van der Waals surface area contributed by atoms with Crippen LogP contribution in [0.5, 0.6) is 5.75 Å². The van der Waals surface area contributed by atoms with Gasteiger partial charge in [0, 0.05) is 11.5 Å². The average Bonchev–Trinajstić information content (AvgIpc) is 3.09. The van der Waals surface area contributed by atoms with E-state index >= 15 is 0 Å². The van der Waals surface area contributed by atoms with Crippen LogP contribution >= 0.6 is 0 Å². The van der Waals surface area contributed by atoms with Crippen molar-refractivity contribution in [2.24, 2.45) is 5.41 Å². The van der Waals surface area contributed by atoms with E-state index in [2.05, 4.69) is 0 Å². The predicted molar refractivity (Wildman–Crippen MR) is 99.1 cm³/mol. The lowest BCUT2D eigenvalue weighted by Gasteiger charge is -2.27. The maximum Gasteiger partial charge on any atom is 0.327 e. The van der Waals surface area contributed by atoms with Crippen molar-refractivity contribution >= 4 is 17.5 Å². The molecule has 0 N–H and O–H groups in total. The fraction of sp³-hybridized carbons (Fsp3) is 0.273. The van der Waals surface area contributed by atoms with E-state index in [0.717, 1.165) is 22.4 Å². The first-order valence-corrected chi connectivity index (χ1v) is 8.81. The van der Waals surface area contributed by atoms with Crippen LogP contribution in [0.1, 0.15) is 23.5 Å². The molecule has 0 spiro atoms. The SMILES string of the molecule is COC(=O)C1(C(=O)OC)CC2C(=C1c1ccccc1)COc1ccccc12. The smallest absolute Gasteiger partial charge is 0.327 e. The van der Waals surface area contributed by atoms with Crippen LogP contribution in [0.4, 0.5) is 0 Å². The quantitative estimate of drug-likeness (QED) is 0.617. The van der Waals surface area contributed by atoms with Crippen LogP contribution in [-0.2, 0) is 19.1 Å². The van der Waals surface area contributed by atoms with Crippen LogP contribution in [0.2, 0.25) is 0 Å². The summed E-state index contributed by atoms with van der Waals surface area (Å²) in [5, 5.41) is 0. The first-order valence-electron chi connectivity index (χ1n) is 8.81. The highest BCUT2D eigenvalue weighted by molar-refractivity contribution is 6.14. The predicted octanol–water partition coefficient (Wildman–Crippen LogP) is 3.35. The van der Waals surface area contributed by atoms with Gasteiger partial charge in [-0.25, -0.2) is 0 Å². The minimum Gasteiger partial charge on any atom is -0.489 e. The molecule has 27 heavy (non-hydrogen) atoms. The topological polar surface area (TPSA) is 61.8 Å². The average molecular weight is 364 g/mol. The van der Waals surface area contributed by atoms with Crippen molar-refractivity contribution in [1.29, 1.82) is 0 Å². The number of carbonyl (C=O) groups is 2. The number of esters is 2. The summed E-state index contributed by atoms with van der Waals surface area (Å²) in [5.74, 6) is -0.535. The summed E-state index contributed by atoms with van der Waals surface area (Å²) in [4.78, 5) is 26.0. The Kier molecular flexibility index (Phi) is 4.22. The van der Waals surface area contributed by atoms with Crippen molar-refractivity contribution in [1.82, 2.24) is 0 Å². The number of para-hydroxylation sites is 1. The Morgan fingerprint density at radius 2 is 1.59 bits per heavy atom. The van der Waals surface area contributed by atoms with E-state index in [1.54, 1.807) is 0 Å². The van der Waals surface area contributed by atoms with E-state index in [-0.39, 0.29) is 12.3 Å². The van der Waals surface area contributed by atoms with E-state index in [1.165, 1.54) is 14.2 Å². The summed E-state index contributed by atoms with van der Waals surface area (Å²) < 4.78 is 16.1. The van der Waals surface area contributed by atoms with Gasteiger partial charge in [0.1, 0.15) is 12.4 Å². The van der Waals surface area contributed by atoms with Gasteiger partial charge in [0.25, 0.3) is 0 Å². The fourth-order valence-electron chi connectivity index (χ4n) is 4.34. The fourth-order valence-corrected chi connectivity index (χ4v) is 4.34. The molecule has 0 fully saturated rings. The Labute approximate surface area is 157 Å². The first-order chi connectivity index (χ1) is 13.1. The first kappa shape index (κ1) is 17.3. The minimum absolute atomic E-state index is 0.108. The van der Waals surface area contributed by atoms with Gasteiger partial charge in [0.2, 0.25) is 0 Å². The zero-order chi connectivity index (χ0) is 19.0. The highest BCUT2D eigenvalue weighted by Gasteiger charge is 2.60. The lowest BCUT2D eigenvalue weighted by molar-refractivity contribution is -0.164. The summed E-state index contributed by atoms with van der Waals surface area (Å²) in [6.45, 7) is 0.321. The maximum absolute atomic E-state index is 13.0. The monoisotopic (exact) mass is 364 g/mol. The lowest BCUT2D eigenvalue weighted by Crippen LogP contribution is -2.41. The molecular formula is C22H20O5. The summed E-state index contributed by atoms with van der Waals surface area (Å²) in [6, 6.07) is 17.2. The van der Waals surface area contributed by atoms with Gasteiger partial charge in [-0.1, -0.05) is 48.5 Å². The minimum atomic E-state index is -1.51. The summed E-state index contributed by atoms with van der Waals surface area (Å²) >= 11 is 0. The number of hydrogen-bond acceptors (Lipinski definition) is 5. The second-order valence-electron chi connectivity index (χ2n) is 6.74. The highest BCUT2D eigenvalue weighted by Crippen LogP contribution is 2.58. The van der Waals surface area contributed by atoms with Crippen molar-refractivity contribution in [3.8, 4) is 5.75 Å². The molecule has 138 valence electrons. The maximum atomic E-state index is 13.0. The Balaban J connectivity index is 2.00. The standard InChI is InChI=1S/C22H20O5/c1-25-20(23)22(21(24)26-2)12-16-15-10-6-7-11-18(15)27-13-17(16)19(22)14-8-4-3-5-9-14/h3-11,16H,12-13H2,1-2H3. The van der Waals surface area contributed by atoms with Gasteiger partial charge in [-0.05, 0) is 29.2 Å².